The van der Waals surface area contributed by atoms with E-state index >= 15 is 0 Å². The quantitative estimate of drug-likeness (QED) is 0.892. The molecule has 2 heterocycles. The van der Waals surface area contributed by atoms with Crippen LogP contribution >= 0.6 is 0 Å². The zero-order valence-electron chi connectivity index (χ0n) is 12.7. The van der Waals surface area contributed by atoms with Gasteiger partial charge in [-0.05, 0) is 45.7 Å². The first-order chi connectivity index (χ1) is 9.65. The Morgan fingerprint density at radius 1 is 1.24 bits per heavy atom. The summed E-state index contributed by atoms with van der Waals surface area (Å²) in [5, 5.41) is 3.24. The van der Waals surface area contributed by atoms with Gasteiger partial charge in [0.1, 0.15) is 11.6 Å². The van der Waals surface area contributed by atoms with Gasteiger partial charge in [-0.25, -0.2) is 4.98 Å². The molecule has 0 bridgehead atoms. The normalized spacial score (nSPS) is 20.5. The van der Waals surface area contributed by atoms with Gasteiger partial charge in [-0.2, -0.15) is 13.2 Å². The van der Waals surface area contributed by atoms with Gasteiger partial charge in [0.25, 0.3) is 0 Å². The van der Waals surface area contributed by atoms with Crippen LogP contribution in [-0.2, 0) is 0 Å². The molecule has 1 aromatic rings. The summed E-state index contributed by atoms with van der Waals surface area (Å²) in [6.45, 7) is 6.67. The monoisotopic (exact) mass is 301 g/mol. The Balaban J connectivity index is 2.12. The maximum atomic E-state index is 12.9. The first-order valence-corrected chi connectivity index (χ1v) is 7.22. The molecule has 1 aliphatic rings. The summed E-state index contributed by atoms with van der Waals surface area (Å²) in [5.41, 5.74) is -0.137. The zero-order chi connectivity index (χ0) is 15.7. The van der Waals surface area contributed by atoms with E-state index in [1.165, 1.54) is 0 Å². The van der Waals surface area contributed by atoms with Crippen molar-refractivity contribution >= 4 is 11.6 Å². The van der Waals surface area contributed by atoms with E-state index in [-0.39, 0.29) is 18.5 Å². The van der Waals surface area contributed by atoms with Gasteiger partial charge in [0.15, 0.2) is 0 Å². The Labute approximate surface area is 123 Å². The molecule has 1 unspecified atom stereocenters. The fourth-order valence-electron chi connectivity index (χ4n) is 2.51. The second-order valence-electron chi connectivity index (χ2n) is 6.58. The average Bonchev–Trinajstić information content (AvgIpc) is 2.36. The smallest absolute Gasteiger partial charge is 0.365 e. The Morgan fingerprint density at radius 3 is 2.57 bits per heavy atom. The van der Waals surface area contributed by atoms with Crippen molar-refractivity contribution in [1.29, 1.82) is 0 Å². The molecule has 1 aliphatic heterocycles. The molecule has 118 valence electrons. The number of alkyl halides is 3. The highest BCUT2D eigenvalue weighted by molar-refractivity contribution is 5.48. The van der Waals surface area contributed by atoms with Crippen LogP contribution in [0.2, 0.25) is 0 Å². The zero-order valence-corrected chi connectivity index (χ0v) is 12.7. The number of halogens is 3. The summed E-state index contributed by atoms with van der Waals surface area (Å²) in [5.74, 6) is 0.0413. The van der Waals surface area contributed by atoms with Crippen LogP contribution in [-0.4, -0.2) is 29.8 Å². The molecule has 0 aromatic carbocycles. The predicted molar refractivity (Wildman–Crippen MR) is 78.6 cm³/mol. The standard InChI is InChI=1S/C15H22F3N3/c1-14(2,3)20-12-7-4-8-13(19-12)21-9-5-6-11(10-21)15(16,17)18/h4,7-8,11H,5-6,9-10H2,1-3H3,(H,19,20). The van der Waals surface area contributed by atoms with E-state index in [2.05, 4.69) is 10.3 Å². The summed E-state index contributed by atoms with van der Waals surface area (Å²) in [6, 6.07) is 5.43. The fraction of sp³-hybridized carbons (Fsp3) is 0.667. The molecule has 0 saturated carbocycles. The summed E-state index contributed by atoms with van der Waals surface area (Å²) in [6.07, 6.45) is -3.37. The van der Waals surface area contributed by atoms with Crippen molar-refractivity contribution in [3.63, 3.8) is 0 Å². The molecule has 21 heavy (non-hydrogen) atoms. The second kappa shape index (κ2) is 5.73. The lowest BCUT2D eigenvalue weighted by atomic mass is 9.97. The van der Waals surface area contributed by atoms with Gasteiger partial charge in [0.2, 0.25) is 0 Å². The van der Waals surface area contributed by atoms with Gasteiger partial charge in [0, 0.05) is 18.6 Å². The van der Waals surface area contributed by atoms with E-state index in [0.29, 0.717) is 24.6 Å². The summed E-state index contributed by atoms with van der Waals surface area (Å²) in [7, 11) is 0. The molecular formula is C15H22F3N3. The Bertz CT molecular complexity index is 480. The maximum Gasteiger partial charge on any atom is 0.393 e. The SMILES string of the molecule is CC(C)(C)Nc1cccc(N2CCCC(C(F)(F)F)C2)n1. The number of pyridine rings is 1. The highest BCUT2D eigenvalue weighted by atomic mass is 19.4. The van der Waals surface area contributed by atoms with Crippen LogP contribution in [0.5, 0.6) is 0 Å². The second-order valence-corrected chi connectivity index (χ2v) is 6.58. The molecule has 1 saturated heterocycles. The highest BCUT2D eigenvalue weighted by Crippen LogP contribution is 2.34. The van der Waals surface area contributed by atoms with Crippen LogP contribution in [0.4, 0.5) is 24.8 Å². The number of nitrogens with one attached hydrogen (secondary N) is 1. The van der Waals surface area contributed by atoms with E-state index in [4.69, 9.17) is 0 Å². The van der Waals surface area contributed by atoms with E-state index in [1.807, 2.05) is 32.9 Å². The van der Waals surface area contributed by atoms with Crippen LogP contribution in [0.3, 0.4) is 0 Å². The topological polar surface area (TPSA) is 28.2 Å². The largest absolute Gasteiger partial charge is 0.393 e. The predicted octanol–water partition coefficient (Wildman–Crippen LogP) is 4.07. The van der Waals surface area contributed by atoms with Crippen molar-refractivity contribution in [2.45, 2.75) is 45.3 Å². The number of rotatable bonds is 2. The number of aromatic nitrogens is 1. The molecule has 3 nitrogen and oxygen atoms in total. The van der Waals surface area contributed by atoms with Crippen LogP contribution in [0, 0.1) is 5.92 Å². The van der Waals surface area contributed by atoms with Crippen molar-refractivity contribution in [1.82, 2.24) is 4.98 Å². The van der Waals surface area contributed by atoms with E-state index < -0.39 is 12.1 Å². The molecule has 2 rings (SSSR count). The lowest BCUT2D eigenvalue weighted by molar-refractivity contribution is -0.176. The maximum absolute atomic E-state index is 12.9. The van der Waals surface area contributed by atoms with Gasteiger partial charge in [-0.3, -0.25) is 0 Å². The number of nitrogens with zero attached hydrogens (tertiary/aromatic N) is 2. The van der Waals surface area contributed by atoms with Gasteiger partial charge in [-0.15, -0.1) is 0 Å². The minimum absolute atomic E-state index is 0.00449. The third-order valence-electron chi connectivity index (χ3n) is 3.45. The van der Waals surface area contributed by atoms with E-state index in [0.717, 1.165) is 0 Å². The minimum Gasteiger partial charge on any atom is -0.365 e. The Morgan fingerprint density at radius 2 is 1.95 bits per heavy atom. The first kappa shape index (κ1) is 15.9. The van der Waals surface area contributed by atoms with Crippen LogP contribution in [0.25, 0.3) is 0 Å². The lowest BCUT2D eigenvalue weighted by Gasteiger charge is -2.34. The molecule has 0 spiro atoms. The summed E-state index contributed by atoms with van der Waals surface area (Å²) in [4.78, 5) is 6.18. The third-order valence-corrected chi connectivity index (χ3v) is 3.45. The van der Waals surface area contributed by atoms with Crippen molar-refractivity contribution < 1.29 is 13.2 Å². The Hall–Kier alpha value is -1.46. The molecular weight excluding hydrogens is 279 g/mol. The van der Waals surface area contributed by atoms with Crippen LogP contribution in [0.15, 0.2) is 18.2 Å². The van der Waals surface area contributed by atoms with E-state index in [1.54, 1.807) is 11.0 Å². The lowest BCUT2D eigenvalue weighted by Crippen LogP contribution is -2.42. The highest BCUT2D eigenvalue weighted by Gasteiger charge is 2.42. The average molecular weight is 301 g/mol. The molecule has 1 aromatic heterocycles. The van der Waals surface area contributed by atoms with Crippen LogP contribution in [0.1, 0.15) is 33.6 Å². The molecule has 0 aliphatic carbocycles. The number of piperidine rings is 1. The van der Waals surface area contributed by atoms with Gasteiger partial charge < -0.3 is 10.2 Å². The Kier molecular flexibility index (Phi) is 4.35. The minimum atomic E-state index is -4.13. The van der Waals surface area contributed by atoms with Crippen molar-refractivity contribution in [2.75, 3.05) is 23.3 Å². The fourth-order valence-corrected chi connectivity index (χ4v) is 2.51. The molecule has 6 heteroatoms. The van der Waals surface area contributed by atoms with Crippen molar-refractivity contribution in [3.05, 3.63) is 18.2 Å². The van der Waals surface area contributed by atoms with Crippen molar-refractivity contribution in [3.8, 4) is 0 Å². The number of hydrogen-bond donors (Lipinski definition) is 1. The molecule has 1 N–H and O–H groups in total. The number of hydrogen-bond acceptors (Lipinski definition) is 3. The van der Waals surface area contributed by atoms with E-state index in [9.17, 15) is 13.2 Å². The number of anilines is 2. The summed E-state index contributed by atoms with van der Waals surface area (Å²) < 4.78 is 38.6. The summed E-state index contributed by atoms with van der Waals surface area (Å²) >= 11 is 0. The van der Waals surface area contributed by atoms with Gasteiger partial charge in [-0.1, -0.05) is 6.07 Å². The van der Waals surface area contributed by atoms with Gasteiger partial charge in [0.05, 0.1) is 5.92 Å². The molecule has 1 fully saturated rings. The third kappa shape index (κ3) is 4.51. The molecule has 0 radical (unpaired) electrons. The van der Waals surface area contributed by atoms with Gasteiger partial charge >= 0.3 is 6.18 Å². The van der Waals surface area contributed by atoms with Crippen molar-refractivity contribution in [2.24, 2.45) is 5.92 Å². The first-order valence-electron chi connectivity index (χ1n) is 7.22. The molecule has 1 atom stereocenters. The molecule has 0 amide bonds. The van der Waals surface area contributed by atoms with Crippen LogP contribution < -0.4 is 10.2 Å².